The van der Waals surface area contributed by atoms with Crippen molar-refractivity contribution in [1.29, 1.82) is 0 Å². The van der Waals surface area contributed by atoms with Crippen molar-refractivity contribution in [2.75, 3.05) is 19.8 Å². The minimum atomic E-state index is -0.249. The van der Waals surface area contributed by atoms with Crippen molar-refractivity contribution >= 4 is 15.9 Å². The first kappa shape index (κ1) is 14.7. The Morgan fingerprint density at radius 3 is 2.76 bits per heavy atom. The molecule has 112 valence electrons. The van der Waals surface area contributed by atoms with E-state index in [2.05, 4.69) is 26.1 Å². The van der Waals surface area contributed by atoms with Crippen molar-refractivity contribution in [2.45, 2.75) is 25.2 Å². The second kappa shape index (κ2) is 5.87. The molecule has 0 aliphatic carbocycles. The average molecular weight is 352 g/mol. The van der Waals surface area contributed by atoms with Gasteiger partial charge in [0.05, 0.1) is 5.41 Å². The Balaban J connectivity index is 1.95. The monoisotopic (exact) mass is 351 g/mol. The number of ether oxygens (including phenoxy) is 1. The van der Waals surface area contributed by atoms with Crippen LogP contribution in [0.15, 0.2) is 27.2 Å². The van der Waals surface area contributed by atoms with Crippen LogP contribution in [0.25, 0.3) is 11.4 Å². The van der Waals surface area contributed by atoms with Crippen LogP contribution in [0.1, 0.15) is 24.3 Å². The summed E-state index contributed by atoms with van der Waals surface area (Å²) in [6, 6.07) is 6.06. The third kappa shape index (κ3) is 2.75. The number of hydrogen-bond acceptors (Lipinski definition) is 5. The zero-order valence-electron chi connectivity index (χ0n) is 11.9. The summed E-state index contributed by atoms with van der Waals surface area (Å²) in [5.41, 5.74) is 7.83. The fourth-order valence-corrected chi connectivity index (χ4v) is 3.29. The first-order chi connectivity index (χ1) is 10.1. The molecule has 0 amide bonds. The molecule has 1 fully saturated rings. The third-order valence-electron chi connectivity index (χ3n) is 4.09. The lowest BCUT2D eigenvalue weighted by atomic mass is 9.80. The van der Waals surface area contributed by atoms with Crippen molar-refractivity contribution < 1.29 is 9.26 Å². The summed E-state index contributed by atoms with van der Waals surface area (Å²) < 4.78 is 11.9. The van der Waals surface area contributed by atoms with Gasteiger partial charge in [-0.15, -0.1) is 0 Å². The predicted molar refractivity (Wildman–Crippen MR) is 83.0 cm³/mol. The van der Waals surface area contributed by atoms with Gasteiger partial charge in [-0.05, 0) is 37.5 Å². The van der Waals surface area contributed by atoms with E-state index in [1.807, 2.05) is 25.1 Å². The highest BCUT2D eigenvalue weighted by molar-refractivity contribution is 9.10. The second-order valence-corrected chi connectivity index (χ2v) is 6.36. The van der Waals surface area contributed by atoms with Crippen molar-refractivity contribution in [1.82, 2.24) is 10.1 Å². The fraction of sp³-hybridized carbons (Fsp3) is 0.467. The van der Waals surface area contributed by atoms with E-state index in [-0.39, 0.29) is 5.41 Å². The maximum Gasteiger partial charge on any atom is 0.234 e. The van der Waals surface area contributed by atoms with Crippen molar-refractivity contribution in [3.8, 4) is 11.4 Å². The Bertz CT molecular complexity index is 636. The molecule has 0 spiro atoms. The van der Waals surface area contributed by atoms with E-state index in [0.29, 0.717) is 31.5 Å². The van der Waals surface area contributed by atoms with Gasteiger partial charge in [0, 0.05) is 29.8 Å². The highest BCUT2D eigenvalue weighted by atomic mass is 79.9. The number of aryl methyl sites for hydroxylation is 1. The van der Waals surface area contributed by atoms with Crippen LogP contribution in [0.4, 0.5) is 0 Å². The quantitative estimate of drug-likeness (QED) is 0.920. The largest absolute Gasteiger partial charge is 0.381 e. The van der Waals surface area contributed by atoms with E-state index in [9.17, 15) is 0 Å². The molecule has 21 heavy (non-hydrogen) atoms. The lowest BCUT2D eigenvalue weighted by Crippen LogP contribution is -2.40. The molecule has 0 unspecified atom stereocenters. The first-order valence-electron chi connectivity index (χ1n) is 7.03. The lowest BCUT2D eigenvalue weighted by Gasteiger charge is -2.32. The number of halogens is 1. The Kier molecular flexibility index (Phi) is 4.10. The molecule has 1 aliphatic rings. The molecular weight excluding hydrogens is 334 g/mol. The zero-order valence-corrected chi connectivity index (χ0v) is 13.5. The van der Waals surface area contributed by atoms with Crippen molar-refractivity contribution in [3.05, 3.63) is 34.1 Å². The summed E-state index contributed by atoms with van der Waals surface area (Å²) in [5, 5.41) is 4.13. The van der Waals surface area contributed by atoms with Gasteiger partial charge in [0.2, 0.25) is 11.7 Å². The van der Waals surface area contributed by atoms with E-state index in [4.69, 9.17) is 15.0 Å². The standard InChI is InChI=1S/C15H18BrN3O2/c1-10-2-3-11(12(16)8-10)13-18-14(21-19-13)15(9-17)4-6-20-7-5-15/h2-3,8H,4-7,9,17H2,1H3. The van der Waals surface area contributed by atoms with E-state index in [0.717, 1.165) is 22.9 Å². The number of rotatable bonds is 3. The highest BCUT2D eigenvalue weighted by Gasteiger charge is 2.38. The summed E-state index contributed by atoms with van der Waals surface area (Å²) >= 11 is 3.55. The summed E-state index contributed by atoms with van der Waals surface area (Å²) in [4.78, 5) is 4.59. The SMILES string of the molecule is Cc1ccc(-c2noc(C3(CN)CCOCC3)n2)c(Br)c1. The highest BCUT2D eigenvalue weighted by Crippen LogP contribution is 2.35. The van der Waals surface area contributed by atoms with Crippen LogP contribution in [0.3, 0.4) is 0 Å². The molecule has 0 radical (unpaired) electrons. The summed E-state index contributed by atoms with van der Waals surface area (Å²) in [6.45, 7) is 3.90. The Labute approximate surface area is 132 Å². The number of hydrogen-bond donors (Lipinski definition) is 1. The Hall–Kier alpha value is -1.24. The summed E-state index contributed by atoms with van der Waals surface area (Å²) in [6.07, 6.45) is 1.64. The van der Waals surface area contributed by atoms with Gasteiger partial charge in [0.15, 0.2) is 0 Å². The first-order valence-corrected chi connectivity index (χ1v) is 7.82. The molecule has 0 bridgehead atoms. The molecule has 6 heteroatoms. The maximum absolute atomic E-state index is 5.98. The Morgan fingerprint density at radius 1 is 1.33 bits per heavy atom. The number of nitrogens with two attached hydrogens (primary N) is 1. The smallest absolute Gasteiger partial charge is 0.234 e. The summed E-state index contributed by atoms with van der Waals surface area (Å²) in [5.74, 6) is 1.21. The molecule has 1 aromatic heterocycles. The molecule has 2 aromatic rings. The van der Waals surface area contributed by atoms with Gasteiger partial charge in [-0.25, -0.2) is 0 Å². The molecule has 1 aliphatic heterocycles. The van der Waals surface area contributed by atoms with Crippen LogP contribution < -0.4 is 5.73 Å². The molecule has 0 atom stereocenters. The zero-order chi connectivity index (χ0) is 14.9. The van der Waals surface area contributed by atoms with Gasteiger partial charge in [0.1, 0.15) is 0 Å². The molecule has 1 aromatic carbocycles. The van der Waals surface area contributed by atoms with Gasteiger partial charge in [-0.2, -0.15) is 4.98 Å². The topological polar surface area (TPSA) is 74.2 Å². The summed E-state index contributed by atoms with van der Waals surface area (Å²) in [7, 11) is 0. The van der Waals surface area contributed by atoms with Gasteiger partial charge >= 0.3 is 0 Å². The van der Waals surface area contributed by atoms with Gasteiger partial charge in [-0.1, -0.05) is 27.2 Å². The molecule has 2 N–H and O–H groups in total. The van der Waals surface area contributed by atoms with Crippen LogP contribution in [0.5, 0.6) is 0 Å². The van der Waals surface area contributed by atoms with Crippen LogP contribution in [0.2, 0.25) is 0 Å². The molecule has 0 saturated carbocycles. The van der Waals surface area contributed by atoms with Crippen molar-refractivity contribution in [2.24, 2.45) is 5.73 Å². The van der Waals surface area contributed by atoms with E-state index in [1.165, 1.54) is 5.56 Å². The number of nitrogens with zero attached hydrogens (tertiary/aromatic N) is 2. The van der Waals surface area contributed by atoms with Crippen LogP contribution in [0, 0.1) is 6.92 Å². The number of aromatic nitrogens is 2. The van der Waals surface area contributed by atoms with Crippen molar-refractivity contribution in [3.63, 3.8) is 0 Å². The average Bonchev–Trinajstić information content (AvgIpc) is 2.98. The van der Waals surface area contributed by atoms with Crippen LogP contribution >= 0.6 is 15.9 Å². The van der Waals surface area contributed by atoms with E-state index < -0.39 is 0 Å². The molecule has 3 rings (SSSR count). The molecular formula is C15H18BrN3O2. The van der Waals surface area contributed by atoms with E-state index in [1.54, 1.807) is 0 Å². The van der Waals surface area contributed by atoms with E-state index >= 15 is 0 Å². The van der Waals surface area contributed by atoms with Gasteiger partial charge in [0.25, 0.3) is 0 Å². The van der Waals surface area contributed by atoms with Crippen LogP contribution in [-0.2, 0) is 10.2 Å². The second-order valence-electron chi connectivity index (χ2n) is 5.50. The third-order valence-corrected chi connectivity index (χ3v) is 4.74. The normalized spacial score (nSPS) is 17.9. The lowest BCUT2D eigenvalue weighted by molar-refractivity contribution is 0.0409. The Morgan fingerprint density at radius 2 is 2.10 bits per heavy atom. The fourth-order valence-electron chi connectivity index (χ4n) is 2.62. The van der Waals surface area contributed by atoms with Crippen LogP contribution in [-0.4, -0.2) is 29.9 Å². The molecule has 2 heterocycles. The minimum absolute atomic E-state index is 0.249. The number of benzene rings is 1. The maximum atomic E-state index is 5.98. The predicted octanol–water partition coefficient (Wildman–Crippen LogP) is 2.81. The minimum Gasteiger partial charge on any atom is -0.381 e. The van der Waals surface area contributed by atoms with Gasteiger partial charge < -0.3 is 15.0 Å². The van der Waals surface area contributed by atoms with Gasteiger partial charge in [-0.3, -0.25) is 0 Å². The molecule has 5 nitrogen and oxygen atoms in total. The molecule has 1 saturated heterocycles.